The van der Waals surface area contributed by atoms with Crippen LogP contribution in [0, 0.1) is 5.92 Å². The average Bonchev–Trinajstić information content (AvgIpc) is 2.47. The highest BCUT2D eigenvalue weighted by Gasteiger charge is 2.23. The quantitative estimate of drug-likeness (QED) is 0.863. The molecule has 1 saturated heterocycles. The van der Waals surface area contributed by atoms with E-state index in [2.05, 4.69) is 34.0 Å². The van der Waals surface area contributed by atoms with E-state index in [1.807, 2.05) is 13.0 Å². The molecule has 0 aromatic carbocycles. The number of rotatable bonds is 5. The topological polar surface area (TPSA) is 61.3 Å². The third-order valence-electron chi connectivity index (χ3n) is 3.98. The van der Waals surface area contributed by atoms with Crippen molar-refractivity contribution < 1.29 is 5.11 Å². The number of nitrogens with one attached hydrogen (secondary N) is 1. The lowest BCUT2D eigenvalue weighted by Gasteiger charge is -2.34. The van der Waals surface area contributed by atoms with Gasteiger partial charge in [0.2, 0.25) is 0 Å². The molecule has 0 radical (unpaired) electrons. The Labute approximate surface area is 121 Å². The minimum Gasteiger partial charge on any atom is -0.393 e. The van der Waals surface area contributed by atoms with Crippen molar-refractivity contribution in [2.24, 2.45) is 5.92 Å². The van der Waals surface area contributed by atoms with Crippen LogP contribution in [-0.4, -0.2) is 40.8 Å². The summed E-state index contributed by atoms with van der Waals surface area (Å²) in [6.45, 7) is 8.83. The summed E-state index contributed by atoms with van der Waals surface area (Å²) in [5.74, 6) is 3.23. The van der Waals surface area contributed by atoms with Crippen LogP contribution < -0.4 is 10.2 Å². The van der Waals surface area contributed by atoms with Gasteiger partial charge in [-0.1, -0.05) is 6.92 Å². The van der Waals surface area contributed by atoms with Crippen molar-refractivity contribution in [3.05, 3.63) is 11.9 Å². The molecule has 0 aliphatic carbocycles. The molecule has 1 fully saturated rings. The number of nitrogens with zero attached hydrogens (tertiary/aromatic N) is 3. The minimum absolute atomic E-state index is 0.203. The van der Waals surface area contributed by atoms with Crippen molar-refractivity contribution in [3.8, 4) is 0 Å². The summed E-state index contributed by atoms with van der Waals surface area (Å²) in [5.41, 5.74) is 0. The van der Waals surface area contributed by atoms with Gasteiger partial charge < -0.3 is 15.3 Å². The van der Waals surface area contributed by atoms with E-state index in [1.54, 1.807) is 0 Å². The molecule has 5 nitrogen and oxygen atoms in total. The Balaban J connectivity index is 2.10. The fourth-order valence-electron chi connectivity index (χ4n) is 2.69. The molecule has 1 aliphatic rings. The SMILES string of the molecule is CCNc1cc(N2CCC(C(C)O)CC2)nc(CC)n1. The first kappa shape index (κ1) is 15.0. The molecule has 2 N–H and O–H groups in total. The Bertz CT molecular complexity index is 428. The van der Waals surface area contributed by atoms with Crippen LogP contribution in [0.2, 0.25) is 0 Å². The van der Waals surface area contributed by atoms with Gasteiger partial charge in [0, 0.05) is 32.1 Å². The molecule has 1 aromatic rings. The number of hydrogen-bond donors (Lipinski definition) is 2. The molecule has 0 amide bonds. The molecule has 2 rings (SSSR count). The molecule has 5 heteroatoms. The Hall–Kier alpha value is -1.36. The Morgan fingerprint density at radius 3 is 2.60 bits per heavy atom. The number of aliphatic hydroxyl groups is 1. The number of aromatic nitrogens is 2. The van der Waals surface area contributed by atoms with E-state index in [0.717, 1.165) is 56.4 Å². The number of hydrogen-bond acceptors (Lipinski definition) is 5. The lowest BCUT2D eigenvalue weighted by atomic mass is 9.92. The standard InChI is InChI=1S/C15H26N4O/c1-4-13-17-14(16-5-2)10-15(18-13)19-8-6-12(7-9-19)11(3)20/h10-12,20H,4-9H2,1-3H3,(H,16,17,18). The first-order valence-corrected chi connectivity index (χ1v) is 7.68. The lowest BCUT2D eigenvalue weighted by molar-refractivity contribution is 0.110. The van der Waals surface area contributed by atoms with Gasteiger partial charge >= 0.3 is 0 Å². The van der Waals surface area contributed by atoms with Crippen molar-refractivity contribution in [1.82, 2.24) is 9.97 Å². The third-order valence-corrected chi connectivity index (χ3v) is 3.98. The fraction of sp³-hybridized carbons (Fsp3) is 0.733. The summed E-state index contributed by atoms with van der Waals surface area (Å²) in [4.78, 5) is 11.4. The number of aliphatic hydroxyl groups excluding tert-OH is 1. The van der Waals surface area contributed by atoms with Gasteiger partial charge in [0.15, 0.2) is 0 Å². The largest absolute Gasteiger partial charge is 0.393 e. The molecular weight excluding hydrogens is 252 g/mol. The molecule has 2 heterocycles. The van der Waals surface area contributed by atoms with Gasteiger partial charge in [0.1, 0.15) is 17.5 Å². The average molecular weight is 278 g/mol. The minimum atomic E-state index is -0.203. The molecule has 0 spiro atoms. The second-order valence-corrected chi connectivity index (χ2v) is 5.48. The third kappa shape index (κ3) is 3.60. The molecule has 0 saturated carbocycles. The van der Waals surface area contributed by atoms with E-state index in [9.17, 15) is 5.11 Å². The first-order valence-electron chi connectivity index (χ1n) is 7.68. The van der Waals surface area contributed by atoms with Crippen LogP contribution in [-0.2, 0) is 6.42 Å². The Morgan fingerprint density at radius 1 is 1.35 bits per heavy atom. The predicted octanol–water partition coefficient (Wildman–Crippen LogP) is 2.07. The van der Waals surface area contributed by atoms with E-state index < -0.39 is 0 Å². The molecular formula is C15H26N4O. The summed E-state index contributed by atoms with van der Waals surface area (Å²) < 4.78 is 0. The molecule has 112 valence electrons. The highest BCUT2D eigenvalue weighted by Crippen LogP contribution is 2.25. The summed E-state index contributed by atoms with van der Waals surface area (Å²) in [6.07, 6.45) is 2.70. The smallest absolute Gasteiger partial charge is 0.134 e. The van der Waals surface area contributed by atoms with E-state index in [-0.39, 0.29) is 6.10 Å². The Morgan fingerprint density at radius 2 is 2.05 bits per heavy atom. The zero-order valence-electron chi connectivity index (χ0n) is 12.8. The maximum atomic E-state index is 9.68. The monoisotopic (exact) mass is 278 g/mol. The number of piperidine rings is 1. The van der Waals surface area contributed by atoms with Crippen LogP contribution in [0.25, 0.3) is 0 Å². The highest BCUT2D eigenvalue weighted by atomic mass is 16.3. The summed E-state index contributed by atoms with van der Waals surface area (Å²) in [7, 11) is 0. The first-order chi connectivity index (χ1) is 9.63. The molecule has 0 bridgehead atoms. The van der Waals surface area contributed by atoms with Crippen molar-refractivity contribution >= 4 is 11.6 Å². The van der Waals surface area contributed by atoms with E-state index >= 15 is 0 Å². The van der Waals surface area contributed by atoms with Gasteiger partial charge in [0.05, 0.1) is 6.10 Å². The van der Waals surface area contributed by atoms with Gasteiger partial charge in [-0.3, -0.25) is 0 Å². The highest BCUT2D eigenvalue weighted by molar-refractivity contribution is 5.49. The zero-order chi connectivity index (χ0) is 14.5. The van der Waals surface area contributed by atoms with Gasteiger partial charge in [0.25, 0.3) is 0 Å². The number of anilines is 2. The molecule has 1 aliphatic heterocycles. The van der Waals surface area contributed by atoms with Crippen LogP contribution in [0.4, 0.5) is 11.6 Å². The molecule has 20 heavy (non-hydrogen) atoms. The molecule has 1 atom stereocenters. The van der Waals surface area contributed by atoms with Gasteiger partial charge in [-0.15, -0.1) is 0 Å². The van der Waals surface area contributed by atoms with Crippen LogP contribution in [0.15, 0.2) is 6.07 Å². The van der Waals surface area contributed by atoms with Crippen molar-refractivity contribution in [2.75, 3.05) is 29.9 Å². The molecule has 1 aromatic heterocycles. The maximum absolute atomic E-state index is 9.68. The van der Waals surface area contributed by atoms with Crippen LogP contribution in [0.5, 0.6) is 0 Å². The van der Waals surface area contributed by atoms with Gasteiger partial charge in [-0.05, 0) is 32.6 Å². The zero-order valence-corrected chi connectivity index (χ0v) is 12.8. The van der Waals surface area contributed by atoms with E-state index in [0.29, 0.717) is 5.92 Å². The van der Waals surface area contributed by atoms with Crippen LogP contribution in [0.3, 0.4) is 0 Å². The van der Waals surface area contributed by atoms with Crippen molar-refractivity contribution in [2.45, 2.75) is 46.1 Å². The van der Waals surface area contributed by atoms with Crippen molar-refractivity contribution in [3.63, 3.8) is 0 Å². The van der Waals surface area contributed by atoms with E-state index in [4.69, 9.17) is 0 Å². The Kier molecular flexibility index (Phi) is 5.17. The maximum Gasteiger partial charge on any atom is 0.134 e. The second kappa shape index (κ2) is 6.88. The summed E-state index contributed by atoms with van der Waals surface area (Å²) >= 11 is 0. The summed E-state index contributed by atoms with van der Waals surface area (Å²) in [6, 6.07) is 2.03. The van der Waals surface area contributed by atoms with Crippen LogP contribution >= 0.6 is 0 Å². The summed E-state index contributed by atoms with van der Waals surface area (Å²) in [5, 5.41) is 12.9. The van der Waals surface area contributed by atoms with E-state index in [1.165, 1.54) is 0 Å². The predicted molar refractivity (Wildman–Crippen MR) is 82.2 cm³/mol. The fourth-order valence-corrected chi connectivity index (χ4v) is 2.69. The van der Waals surface area contributed by atoms with Gasteiger partial charge in [-0.2, -0.15) is 0 Å². The molecule has 1 unspecified atom stereocenters. The second-order valence-electron chi connectivity index (χ2n) is 5.48. The normalized spacial score (nSPS) is 18.1. The lowest BCUT2D eigenvalue weighted by Crippen LogP contribution is -2.37. The van der Waals surface area contributed by atoms with Crippen LogP contribution in [0.1, 0.15) is 39.4 Å². The number of aryl methyl sites for hydroxylation is 1. The van der Waals surface area contributed by atoms with Gasteiger partial charge in [-0.25, -0.2) is 9.97 Å². The van der Waals surface area contributed by atoms with Crippen molar-refractivity contribution in [1.29, 1.82) is 0 Å².